The highest BCUT2D eigenvalue weighted by molar-refractivity contribution is 7.13. The zero-order valence-corrected chi connectivity index (χ0v) is 41.4. The lowest BCUT2D eigenvalue weighted by Crippen LogP contribution is -2.80. The van der Waals surface area contributed by atoms with Crippen molar-refractivity contribution in [3.8, 4) is 0 Å². The van der Waals surface area contributed by atoms with Crippen LogP contribution in [-0.4, -0.2) is 42.3 Å². The second-order valence-electron chi connectivity index (χ2n) is 15.6. The molecule has 0 radical (unpaired) electrons. The highest BCUT2D eigenvalue weighted by Crippen LogP contribution is 2.32. The summed E-state index contributed by atoms with van der Waals surface area (Å²) in [6.07, 6.45) is 0. The van der Waals surface area contributed by atoms with Gasteiger partial charge in [0.05, 0.1) is 0 Å². The monoisotopic (exact) mass is 928 g/mol. The normalized spacial score (nSPS) is 12.2. The quantitative estimate of drug-likeness (QED) is 0.0747. The summed E-state index contributed by atoms with van der Waals surface area (Å²) in [5, 5.41) is 7.63. The minimum absolute atomic E-state index is 0.953. The molecule has 4 nitrogen and oxygen atoms in total. The van der Waals surface area contributed by atoms with E-state index < -0.39 is 42.3 Å². The lowest BCUT2D eigenvalue weighted by atomic mass is 10.4. The van der Waals surface area contributed by atoms with Crippen molar-refractivity contribution in [1.29, 1.82) is 0 Å². The first-order valence-corrected chi connectivity index (χ1v) is 31.3. The Morgan fingerprint density at radius 3 is 0.446 bits per heavy atom. The van der Waals surface area contributed by atoms with Crippen LogP contribution in [-0.2, 0) is 16.5 Å². The molecule has 8 rings (SSSR count). The molecule has 0 saturated carbocycles. The van der Waals surface area contributed by atoms with Gasteiger partial charge in [-0.3, -0.25) is 0 Å². The van der Waals surface area contributed by atoms with E-state index in [0.717, 1.165) is 41.5 Å². The summed E-state index contributed by atoms with van der Waals surface area (Å²) in [6.45, 7) is 18.5. The van der Waals surface area contributed by atoms with Crippen molar-refractivity contribution >= 4 is 83.8 Å². The molecule has 0 N–H and O–H groups in total. The molecular formula is C56H52O4Si5. The van der Waals surface area contributed by atoms with Crippen LogP contribution in [0.1, 0.15) is 0 Å². The van der Waals surface area contributed by atoms with Gasteiger partial charge in [0.2, 0.25) is 0 Å². The number of benzene rings is 8. The van der Waals surface area contributed by atoms with E-state index in [2.05, 4.69) is 123 Å². The van der Waals surface area contributed by atoms with Crippen LogP contribution in [0.4, 0.5) is 0 Å². The molecule has 65 heavy (non-hydrogen) atoms. The van der Waals surface area contributed by atoms with E-state index >= 15 is 0 Å². The molecule has 0 spiro atoms. The molecular weight excluding hydrogens is 877 g/mol. The van der Waals surface area contributed by atoms with E-state index in [1.54, 1.807) is 0 Å². The van der Waals surface area contributed by atoms with Gasteiger partial charge in [0, 0.05) is 0 Å². The van der Waals surface area contributed by atoms with Gasteiger partial charge < -0.3 is 16.5 Å². The van der Waals surface area contributed by atoms with Crippen LogP contribution in [0.15, 0.2) is 292 Å². The molecule has 0 aromatic heterocycles. The Hall–Kier alpha value is -6.36. The Balaban J connectivity index is 1.57. The van der Waals surface area contributed by atoms with Gasteiger partial charge in [-0.05, 0) is 41.5 Å². The topological polar surface area (TPSA) is 36.9 Å². The lowest BCUT2D eigenvalue weighted by molar-refractivity contribution is 0.160. The summed E-state index contributed by atoms with van der Waals surface area (Å²) in [7, 11) is -19.7. The molecule has 9 heteroatoms. The van der Waals surface area contributed by atoms with Crippen molar-refractivity contribution in [1.82, 2.24) is 0 Å². The molecule has 0 saturated heterocycles. The Kier molecular flexibility index (Phi) is 14.1. The first-order chi connectivity index (χ1) is 31.9. The molecule has 0 aliphatic heterocycles. The van der Waals surface area contributed by atoms with Crippen molar-refractivity contribution in [3.63, 3.8) is 0 Å². The zero-order valence-electron chi connectivity index (χ0n) is 36.4. The summed E-state index contributed by atoms with van der Waals surface area (Å²) in [5.74, 6) is 0. The molecule has 0 atom stereocenters. The Labute approximate surface area is 389 Å². The SMILES string of the molecule is C=C[Si](O[Si](O[Si](C=C)(c1ccccc1)c1ccccc1)(O[Si](C=C)(c1ccccc1)c1ccccc1)O[Si](C=C)(c1ccccc1)c1ccccc1)(c1ccccc1)c1ccccc1. The fourth-order valence-corrected chi connectivity index (χ4v) is 32.0. The van der Waals surface area contributed by atoms with Crippen LogP contribution >= 0.6 is 0 Å². The predicted molar refractivity (Wildman–Crippen MR) is 283 cm³/mol. The molecule has 8 aromatic rings. The molecule has 320 valence electrons. The number of hydrogen-bond donors (Lipinski definition) is 0. The van der Waals surface area contributed by atoms with Crippen LogP contribution in [0, 0.1) is 0 Å². The number of hydrogen-bond acceptors (Lipinski definition) is 4. The maximum Gasteiger partial charge on any atom is 0.639 e. The molecule has 0 heterocycles. The Bertz CT molecular complexity index is 2230. The maximum absolute atomic E-state index is 8.40. The predicted octanol–water partition coefficient (Wildman–Crippen LogP) is 7.43. The molecule has 0 bridgehead atoms. The molecule has 0 unspecified atom stereocenters. The van der Waals surface area contributed by atoms with E-state index in [1.807, 2.05) is 168 Å². The molecule has 0 aliphatic rings. The van der Waals surface area contributed by atoms with E-state index in [9.17, 15) is 0 Å². The summed E-state index contributed by atoms with van der Waals surface area (Å²) in [5.41, 5.74) is 7.95. The first-order valence-electron chi connectivity index (χ1n) is 21.7. The van der Waals surface area contributed by atoms with Crippen molar-refractivity contribution in [2.45, 2.75) is 0 Å². The van der Waals surface area contributed by atoms with Crippen LogP contribution in [0.3, 0.4) is 0 Å². The van der Waals surface area contributed by atoms with Gasteiger partial charge in [-0.1, -0.05) is 265 Å². The summed E-state index contributed by atoms with van der Waals surface area (Å²) < 4.78 is 33.6. The van der Waals surface area contributed by atoms with Gasteiger partial charge in [0.15, 0.2) is 0 Å². The van der Waals surface area contributed by atoms with Gasteiger partial charge in [0.25, 0.3) is 33.3 Å². The standard InChI is InChI=1S/C56H52O4Si5/c1-5-61(49-33-17-9-18-34-49,50-35-19-10-20-36-50)57-65(58-62(6-2,51-37-21-11-22-38-51)52-39-23-12-24-40-52,59-63(7-3,53-41-25-13-26-42-53)54-43-27-14-28-44-54)60-64(8-4,55-45-29-15-30-46-55)56-47-31-16-32-48-56/h5-48H,1-4H2. The Morgan fingerprint density at radius 2 is 0.338 bits per heavy atom. The molecule has 0 amide bonds. The fourth-order valence-electron chi connectivity index (χ4n) is 8.65. The van der Waals surface area contributed by atoms with Gasteiger partial charge in [-0.2, -0.15) is 0 Å². The second-order valence-corrected chi connectivity index (χ2v) is 32.0. The van der Waals surface area contributed by atoms with E-state index in [0.29, 0.717) is 0 Å². The Morgan fingerprint density at radius 1 is 0.215 bits per heavy atom. The number of rotatable bonds is 20. The van der Waals surface area contributed by atoms with Crippen LogP contribution in [0.5, 0.6) is 0 Å². The summed E-state index contributed by atoms with van der Waals surface area (Å²) in [6, 6.07) is 82.7. The average Bonchev–Trinajstić information content (AvgIpc) is 3.40. The maximum atomic E-state index is 8.40. The van der Waals surface area contributed by atoms with E-state index in [-0.39, 0.29) is 0 Å². The van der Waals surface area contributed by atoms with Gasteiger partial charge in [0.1, 0.15) is 0 Å². The highest BCUT2D eigenvalue weighted by Gasteiger charge is 2.65. The van der Waals surface area contributed by atoms with Crippen molar-refractivity contribution in [2.24, 2.45) is 0 Å². The van der Waals surface area contributed by atoms with Gasteiger partial charge in [-0.15, -0.1) is 26.3 Å². The largest absolute Gasteiger partial charge is 0.639 e. The third-order valence-electron chi connectivity index (χ3n) is 11.9. The second kappa shape index (κ2) is 20.2. The minimum Gasteiger partial charge on any atom is -0.383 e. The highest BCUT2D eigenvalue weighted by atomic mass is 28.5. The van der Waals surface area contributed by atoms with Crippen molar-refractivity contribution in [2.75, 3.05) is 0 Å². The fraction of sp³-hybridized carbons (Fsp3) is 0. The van der Waals surface area contributed by atoms with Gasteiger partial charge >= 0.3 is 9.05 Å². The van der Waals surface area contributed by atoms with Crippen LogP contribution in [0.2, 0.25) is 0 Å². The smallest absolute Gasteiger partial charge is 0.383 e. The first kappa shape index (κ1) is 45.2. The van der Waals surface area contributed by atoms with Crippen molar-refractivity contribution in [3.05, 3.63) is 292 Å². The molecule has 0 fully saturated rings. The third kappa shape index (κ3) is 8.90. The van der Waals surface area contributed by atoms with E-state index in [1.165, 1.54) is 0 Å². The van der Waals surface area contributed by atoms with Crippen LogP contribution < -0.4 is 41.5 Å². The third-order valence-corrected chi connectivity index (χ3v) is 32.9. The minimum atomic E-state index is -4.92. The van der Waals surface area contributed by atoms with Crippen LogP contribution in [0.25, 0.3) is 0 Å². The van der Waals surface area contributed by atoms with E-state index in [4.69, 9.17) is 16.5 Å². The van der Waals surface area contributed by atoms with Crippen molar-refractivity contribution < 1.29 is 16.5 Å². The molecule has 8 aromatic carbocycles. The lowest BCUT2D eigenvalue weighted by Gasteiger charge is -2.49. The average molecular weight is 929 g/mol. The summed E-state index contributed by atoms with van der Waals surface area (Å²) >= 11 is 0. The summed E-state index contributed by atoms with van der Waals surface area (Å²) in [4.78, 5) is 0. The zero-order chi connectivity index (χ0) is 45.1. The molecule has 0 aliphatic carbocycles. The van der Waals surface area contributed by atoms with Gasteiger partial charge in [-0.25, -0.2) is 0 Å².